The molecule has 0 radical (unpaired) electrons. The predicted octanol–water partition coefficient (Wildman–Crippen LogP) is 3.38. The van der Waals surface area contributed by atoms with Gasteiger partial charge in [-0.1, -0.05) is 12.1 Å². The molecule has 1 aromatic carbocycles. The molecule has 1 heterocycles. The van der Waals surface area contributed by atoms with Gasteiger partial charge in [0.15, 0.2) is 6.10 Å². The maximum Gasteiger partial charge on any atom is 0.342 e. The van der Waals surface area contributed by atoms with E-state index < -0.39 is 18.0 Å². The standard InChI is InChI=1S/C19H19N3O4S/c1-10-12(3)27-18(21-13(4)23)16(10)19(25)26-11(2)17(24)22-15-8-6-5-7-14(15)9-20/h5-8,11H,1-4H3,(H,21,23)(H,22,24). The molecule has 0 saturated carbocycles. The normalized spacial score (nSPS) is 11.2. The smallest absolute Gasteiger partial charge is 0.342 e. The number of nitrogens with one attached hydrogen (secondary N) is 2. The van der Waals surface area contributed by atoms with Crippen molar-refractivity contribution in [2.45, 2.75) is 33.8 Å². The van der Waals surface area contributed by atoms with E-state index in [1.165, 1.54) is 25.2 Å². The lowest BCUT2D eigenvalue weighted by molar-refractivity contribution is -0.123. The molecule has 0 spiro atoms. The molecule has 0 saturated heterocycles. The number of amides is 2. The Kier molecular flexibility index (Phi) is 6.32. The molecular weight excluding hydrogens is 366 g/mol. The molecule has 8 heteroatoms. The van der Waals surface area contributed by atoms with E-state index in [9.17, 15) is 14.4 Å². The summed E-state index contributed by atoms with van der Waals surface area (Å²) in [6.07, 6.45) is -1.09. The molecular formula is C19H19N3O4S. The Morgan fingerprint density at radius 2 is 1.85 bits per heavy atom. The van der Waals surface area contributed by atoms with Crippen LogP contribution in [0.1, 0.15) is 40.2 Å². The van der Waals surface area contributed by atoms with Crippen LogP contribution in [-0.2, 0) is 14.3 Å². The molecule has 0 aliphatic rings. The van der Waals surface area contributed by atoms with Crippen LogP contribution in [0.15, 0.2) is 24.3 Å². The summed E-state index contributed by atoms with van der Waals surface area (Å²) in [6.45, 7) is 6.37. The summed E-state index contributed by atoms with van der Waals surface area (Å²) in [4.78, 5) is 37.1. The SMILES string of the molecule is CC(=O)Nc1sc(C)c(C)c1C(=O)OC(C)C(=O)Nc1ccccc1C#N. The highest BCUT2D eigenvalue weighted by Gasteiger charge is 2.26. The number of benzene rings is 1. The van der Waals surface area contributed by atoms with Gasteiger partial charge in [0.05, 0.1) is 16.8 Å². The van der Waals surface area contributed by atoms with E-state index in [4.69, 9.17) is 10.00 Å². The molecule has 0 bridgehead atoms. The van der Waals surface area contributed by atoms with Crippen molar-refractivity contribution >= 4 is 39.8 Å². The van der Waals surface area contributed by atoms with Gasteiger partial charge in [-0.25, -0.2) is 4.79 Å². The number of carbonyl (C=O) groups excluding carboxylic acids is 3. The molecule has 140 valence electrons. The fourth-order valence-electron chi connectivity index (χ4n) is 2.32. The summed E-state index contributed by atoms with van der Waals surface area (Å²) < 4.78 is 5.28. The van der Waals surface area contributed by atoms with Crippen LogP contribution < -0.4 is 10.6 Å². The number of hydrogen-bond acceptors (Lipinski definition) is 6. The lowest BCUT2D eigenvalue weighted by atomic mass is 10.1. The molecule has 0 aliphatic carbocycles. The monoisotopic (exact) mass is 385 g/mol. The number of nitrogens with zero attached hydrogens (tertiary/aromatic N) is 1. The van der Waals surface area contributed by atoms with E-state index in [2.05, 4.69) is 10.6 Å². The average Bonchev–Trinajstić information content (AvgIpc) is 2.88. The number of carbonyl (C=O) groups is 3. The second kappa shape index (κ2) is 8.47. The van der Waals surface area contributed by atoms with Crippen LogP contribution in [0.2, 0.25) is 0 Å². The Morgan fingerprint density at radius 3 is 2.48 bits per heavy atom. The second-order valence-corrected chi connectivity index (χ2v) is 7.09. The van der Waals surface area contributed by atoms with E-state index in [-0.39, 0.29) is 11.5 Å². The van der Waals surface area contributed by atoms with Gasteiger partial charge in [-0.05, 0) is 38.5 Å². The van der Waals surface area contributed by atoms with Gasteiger partial charge in [0.25, 0.3) is 5.91 Å². The number of rotatable bonds is 5. The largest absolute Gasteiger partial charge is 0.449 e. The molecule has 2 aromatic rings. The summed E-state index contributed by atoms with van der Waals surface area (Å²) in [5, 5.41) is 14.7. The molecule has 1 aromatic heterocycles. The van der Waals surface area contributed by atoms with Crippen LogP contribution in [0, 0.1) is 25.2 Å². The third kappa shape index (κ3) is 4.71. The van der Waals surface area contributed by atoms with Crippen LogP contribution >= 0.6 is 11.3 Å². The van der Waals surface area contributed by atoms with E-state index in [0.717, 1.165) is 4.88 Å². The van der Waals surface area contributed by atoms with Crippen LogP contribution in [0.25, 0.3) is 0 Å². The lowest BCUT2D eigenvalue weighted by Crippen LogP contribution is -2.30. The van der Waals surface area contributed by atoms with Crippen LogP contribution in [0.3, 0.4) is 0 Å². The van der Waals surface area contributed by atoms with Crippen molar-refractivity contribution in [2.75, 3.05) is 10.6 Å². The van der Waals surface area contributed by atoms with Gasteiger partial charge in [0.2, 0.25) is 5.91 Å². The Labute approximate surface area is 161 Å². The topological polar surface area (TPSA) is 108 Å². The molecule has 2 N–H and O–H groups in total. The summed E-state index contributed by atoms with van der Waals surface area (Å²) in [5.74, 6) is -1.56. The van der Waals surface area contributed by atoms with E-state index >= 15 is 0 Å². The van der Waals surface area contributed by atoms with Crippen molar-refractivity contribution in [2.24, 2.45) is 0 Å². The van der Waals surface area contributed by atoms with Crippen LogP contribution in [-0.4, -0.2) is 23.9 Å². The second-order valence-electron chi connectivity index (χ2n) is 5.86. The predicted molar refractivity (Wildman–Crippen MR) is 103 cm³/mol. The van der Waals surface area contributed by atoms with Crippen molar-refractivity contribution in [3.05, 3.63) is 45.8 Å². The quantitative estimate of drug-likeness (QED) is 0.767. The van der Waals surface area contributed by atoms with E-state index in [1.807, 2.05) is 13.0 Å². The van der Waals surface area contributed by atoms with Gasteiger partial charge in [-0.15, -0.1) is 11.3 Å². The molecule has 1 atom stereocenters. The highest BCUT2D eigenvalue weighted by molar-refractivity contribution is 7.16. The van der Waals surface area contributed by atoms with Gasteiger partial charge in [-0.2, -0.15) is 5.26 Å². The number of para-hydroxylation sites is 1. The minimum atomic E-state index is -1.09. The first-order chi connectivity index (χ1) is 12.7. The van der Waals surface area contributed by atoms with Gasteiger partial charge >= 0.3 is 5.97 Å². The van der Waals surface area contributed by atoms with Gasteiger partial charge in [0.1, 0.15) is 11.1 Å². The third-order valence-electron chi connectivity index (χ3n) is 3.84. The summed E-state index contributed by atoms with van der Waals surface area (Å²) in [5.41, 5.74) is 1.58. The Morgan fingerprint density at radius 1 is 1.19 bits per heavy atom. The van der Waals surface area contributed by atoms with Crippen molar-refractivity contribution in [1.82, 2.24) is 0 Å². The zero-order valence-electron chi connectivity index (χ0n) is 15.4. The van der Waals surface area contributed by atoms with Crippen molar-refractivity contribution in [3.8, 4) is 6.07 Å². The number of esters is 1. The first-order valence-corrected chi connectivity index (χ1v) is 8.94. The molecule has 2 rings (SSSR count). The lowest BCUT2D eigenvalue weighted by Gasteiger charge is -2.15. The first-order valence-electron chi connectivity index (χ1n) is 8.13. The van der Waals surface area contributed by atoms with Crippen LogP contribution in [0.4, 0.5) is 10.7 Å². The maximum absolute atomic E-state index is 12.6. The van der Waals surface area contributed by atoms with Crippen LogP contribution in [0.5, 0.6) is 0 Å². The van der Waals surface area contributed by atoms with Gasteiger partial charge in [-0.3, -0.25) is 9.59 Å². The fourth-order valence-corrected chi connectivity index (χ4v) is 3.41. The number of aryl methyl sites for hydroxylation is 1. The van der Waals surface area contributed by atoms with Crippen molar-refractivity contribution in [3.63, 3.8) is 0 Å². The number of ether oxygens (including phenoxy) is 1. The summed E-state index contributed by atoms with van der Waals surface area (Å²) in [7, 11) is 0. The fraction of sp³-hybridized carbons (Fsp3) is 0.263. The maximum atomic E-state index is 12.6. The van der Waals surface area contributed by atoms with E-state index in [1.54, 1.807) is 31.2 Å². The Bertz CT molecular complexity index is 943. The minimum Gasteiger partial charge on any atom is -0.449 e. The van der Waals surface area contributed by atoms with Gasteiger partial charge < -0.3 is 15.4 Å². The zero-order chi connectivity index (χ0) is 20.1. The average molecular weight is 385 g/mol. The Hall–Kier alpha value is -3.18. The summed E-state index contributed by atoms with van der Waals surface area (Å²) >= 11 is 1.27. The number of hydrogen-bond donors (Lipinski definition) is 2. The highest BCUT2D eigenvalue weighted by atomic mass is 32.1. The first kappa shape index (κ1) is 20.1. The number of anilines is 2. The molecule has 2 amide bonds. The summed E-state index contributed by atoms with van der Waals surface area (Å²) in [6, 6.07) is 8.51. The molecule has 0 aliphatic heterocycles. The minimum absolute atomic E-state index is 0.241. The number of nitriles is 1. The molecule has 7 nitrogen and oxygen atoms in total. The zero-order valence-corrected chi connectivity index (χ0v) is 16.2. The van der Waals surface area contributed by atoms with Crippen molar-refractivity contribution < 1.29 is 19.1 Å². The third-order valence-corrected chi connectivity index (χ3v) is 4.96. The van der Waals surface area contributed by atoms with Crippen molar-refractivity contribution in [1.29, 1.82) is 5.26 Å². The number of thiophene rings is 1. The molecule has 27 heavy (non-hydrogen) atoms. The Balaban J connectivity index is 2.15. The molecule has 0 fully saturated rings. The highest BCUT2D eigenvalue weighted by Crippen LogP contribution is 2.33. The van der Waals surface area contributed by atoms with E-state index in [0.29, 0.717) is 21.8 Å². The van der Waals surface area contributed by atoms with Gasteiger partial charge in [0, 0.05) is 11.8 Å². The molecule has 1 unspecified atom stereocenters.